The summed E-state index contributed by atoms with van der Waals surface area (Å²) in [5.74, 6) is -1.47. The van der Waals surface area contributed by atoms with Gasteiger partial charge in [0.15, 0.2) is 0 Å². The van der Waals surface area contributed by atoms with Gasteiger partial charge in [-0.1, -0.05) is 40.0 Å². The van der Waals surface area contributed by atoms with Gasteiger partial charge < -0.3 is 16.2 Å². The molecule has 1 aliphatic rings. The minimum Gasteiger partial charge on any atom is -0.480 e. The first-order valence-corrected chi connectivity index (χ1v) is 7.02. The molecule has 0 aromatic heterocycles. The predicted octanol–water partition coefficient (Wildman–Crippen LogP) is 1.51. The van der Waals surface area contributed by atoms with Gasteiger partial charge in [0.1, 0.15) is 6.04 Å². The molecule has 0 heterocycles. The Bertz CT molecular complexity index is 336. The van der Waals surface area contributed by atoms with E-state index in [1.807, 2.05) is 0 Å². The summed E-state index contributed by atoms with van der Waals surface area (Å²) in [6.07, 6.45) is 4.72. The smallest absolute Gasteiger partial charge is 0.326 e. The highest BCUT2D eigenvalue weighted by atomic mass is 16.4. The van der Waals surface area contributed by atoms with E-state index >= 15 is 0 Å². The van der Waals surface area contributed by atoms with E-state index in [0.717, 1.165) is 32.1 Å². The molecule has 2 unspecified atom stereocenters. The van der Waals surface area contributed by atoms with Crippen molar-refractivity contribution >= 4 is 11.9 Å². The lowest BCUT2D eigenvalue weighted by molar-refractivity contribution is -0.145. The van der Waals surface area contributed by atoms with Crippen molar-refractivity contribution in [3.8, 4) is 0 Å². The van der Waals surface area contributed by atoms with E-state index in [2.05, 4.69) is 5.32 Å². The first kappa shape index (κ1) is 16.0. The Morgan fingerprint density at radius 2 is 1.79 bits per heavy atom. The van der Waals surface area contributed by atoms with Crippen LogP contribution in [0.5, 0.6) is 0 Å². The molecule has 1 aliphatic carbocycles. The molecule has 0 aliphatic heterocycles. The Morgan fingerprint density at radius 3 is 2.32 bits per heavy atom. The SMILES string of the molecule is CC(C)(C)[C@H](NC(=O)C1CCCCCC1N)C(=O)O. The third kappa shape index (κ3) is 4.49. The Hall–Kier alpha value is -1.10. The van der Waals surface area contributed by atoms with Gasteiger partial charge in [0.25, 0.3) is 0 Å². The van der Waals surface area contributed by atoms with Crippen molar-refractivity contribution in [3.63, 3.8) is 0 Å². The van der Waals surface area contributed by atoms with Crippen molar-refractivity contribution in [1.29, 1.82) is 0 Å². The van der Waals surface area contributed by atoms with E-state index in [4.69, 9.17) is 5.73 Å². The molecule has 110 valence electrons. The lowest BCUT2D eigenvalue weighted by Gasteiger charge is -2.30. The van der Waals surface area contributed by atoms with E-state index < -0.39 is 17.4 Å². The van der Waals surface area contributed by atoms with Gasteiger partial charge in [-0.2, -0.15) is 0 Å². The summed E-state index contributed by atoms with van der Waals surface area (Å²) in [5.41, 5.74) is 5.51. The summed E-state index contributed by atoms with van der Waals surface area (Å²) in [6.45, 7) is 5.41. The van der Waals surface area contributed by atoms with Gasteiger partial charge in [-0.3, -0.25) is 4.79 Å². The third-order valence-corrected chi connectivity index (χ3v) is 3.81. The number of amides is 1. The number of carboxylic acids is 1. The van der Waals surface area contributed by atoms with Gasteiger partial charge in [0.2, 0.25) is 5.91 Å². The number of carbonyl (C=O) groups excluding carboxylic acids is 1. The Labute approximate surface area is 114 Å². The molecule has 0 bridgehead atoms. The van der Waals surface area contributed by atoms with Gasteiger partial charge in [-0.05, 0) is 18.3 Å². The fraction of sp³-hybridized carbons (Fsp3) is 0.857. The average molecular weight is 270 g/mol. The van der Waals surface area contributed by atoms with Gasteiger partial charge >= 0.3 is 5.97 Å². The zero-order chi connectivity index (χ0) is 14.6. The Morgan fingerprint density at radius 1 is 1.21 bits per heavy atom. The van der Waals surface area contributed by atoms with Crippen LogP contribution in [-0.4, -0.2) is 29.1 Å². The van der Waals surface area contributed by atoms with Crippen LogP contribution in [0.25, 0.3) is 0 Å². The molecule has 5 heteroatoms. The molecule has 1 saturated carbocycles. The van der Waals surface area contributed by atoms with E-state index in [1.165, 1.54) is 0 Å². The normalized spacial score (nSPS) is 26.3. The fourth-order valence-corrected chi connectivity index (χ4v) is 2.56. The zero-order valence-electron chi connectivity index (χ0n) is 12.1. The van der Waals surface area contributed by atoms with Crippen LogP contribution in [-0.2, 0) is 9.59 Å². The number of nitrogens with one attached hydrogen (secondary N) is 1. The largest absolute Gasteiger partial charge is 0.480 e. The molecule has 4 N–H and O–H groups in total. The van der Waals surface area contributed by atoms with Crippen LogP contribution in [0, 0.1) is 11.3 Å². The summed E-state index contributed by atoms with van der Waals surface area (Å²) in [4.78, 5) is 23.5. The van der Waals surface area contributed by atoms with Crippen LogP contribution in [0.2, 0.25) is 0 Å². The molecular weight excluding hydrogens is 244 g/mol. The Kier molecular flexibility index (Phi) is 5.35. The number of hydrogen-bond donors (Lipinski definition) is 3. The number of carboxylic acid groups (broad SMARTS) is 1. The van der Waals surface area contributed by atoms with Gasteiger partial charge in [-0.15, -0.1) is 0 Å². The van der Waals surface area contributed by atoms with Crippen LogP contribution in [0.15, 0.2) is 0 Å². The van der Waals surface area contributed by atoms with E-state index in [1.54, 1.807) is 20.8 Å². The van der Waals surface area contributed by atoms with Gasteiger partial charge in [-0.25, -0.2) is 4.79 Å². The molecule has 1 fully saturated rings. The molecule has 5 nitrogen and oxygen atoms in total. The van der Waals surface area contributed by atoms with E-state index in [9.17, 15) is 14.7 Å². The number of nitrogens with two attached hydrogens (primary N) is 1. The molecule has 1 rings (SSSR count). The van der Waals surface area contributed by atoms with Crippen LogP contribution in [0.4, 0.5) is 0 Å². The Balaban J connectivity index is 2.73. The van der Waals surface area contributed by atoms with Crippen molar-refractivity contribution < 1.29 is 14.7 Å². The molecule has 0 radical (unpaired) electrons. The minimum absolute atomic E-state index is 0.156. The van der Waals surface area contributed by atoms with Crippen LogP contribution >= 0.6 is 0 Å². The first-order chi connectivity index (χ1) is 8.73. The second-order valence-electron chi connectivity index (χ2n) is 6.55. The first-order valence-electron chi connectivity index (χ1n) is 7.02. The molecule has 0 spiro atoms. The standard InChI is InChI=1S/C14H26N2O3/c1-14(2,3)11(13(18)19)16-12(17)9-7-5-4-6-8-10(9)15/h9-11H,4-8,15H2,1-3H3,(H,16,17)(H,18,19)/t9?,10?,11-/m1/s1. The molecular formula is C14H26N2O3. The van der Waals surface area contributed by atoms with Gasteiger partial charge in [0.05, 0.1) is 5.92 Å². The van der Waals surface area contributed by atoms with Crippen molar-refractivity contribution in [2.75, 3.05) is 0 Å². The maximum Gasteiger partial charge on any atom is 0.326 e. The van der Waals surface area contributed by atoms with E-state index in [-0.39, 0.29) is 17.9 Å². The molecule has 19 heavy (non-hydrogen) atoms. The maximum atomic E-state index is 12.3. The zero-order valence-corrected chi connectivity index (χ0v) is 12.1. The fourth-order valence-electron chi connectivity index (χ4n) is 2.56. The average Bonchev–Trinajstić information content (AvgIpc) is 2.48. The molecule has 1 amide bonds. The van der Waals surface area contributed by atoms with Crippen molar-refractivity contribution in [1.82, 2.24) is 5.32 Å². The van der Waals surface area contributed by atoms with Crippen LogP contribution in [0.1, 0.15) is 52.9 Å². The lowest BCUT2D eigenvalue weighted by atomic mass is 9.85. The van der Waals surface area contributed by atoms with Crippen LogP contribution in [0.3, 0.4) is 0 Å². The summed E-state index contributed by atoms with van der Waals surface area (Å²) in [7, 11) is 0. The second-order valence-corrected chi connectivity index (χ2v) is 6.55. The maximum absolute atomic E-state index is 12.3. The summed E-state index contributed by atoms with van der Waals surface area (Å²) in [6, 6.07) is -1.03. The number of carbonyl (C=O) groups is 2. The molecule has 0 saturated heterocycles. The highest BCUT2D eigenvalue weighted by Crippen LogP contribution is 2.24. The monoisotopic (exact) mass is 270 g/mol. The second kappa shape index (κ2) is 6.37. The van der Waals surface area contributed by atoms with Crippen molar-refractivity contribution in [3.05, 3.63) is 0 Å². The topological polar surface area (TPSA) is 92.4 Å². The summed E-state index contributed by atoms with van der Waals surface area (Å²) >= 11 is 0. The van der Waals surface area contributed by atoms with Gasteiger partial charge in [0, 0.05) is 6.04 Å². The van der Waals surface area contributed by atoms with E-state index in [0.29, 0.717) is 0 Å². The summed E-state index contributed by atoms with van der Waals surface area (Å²) in [5, 5.41) is 11.9. The predicted molar refractivity (Wildman–Crippen MR) is 73.6 cm³/mol. The molecule has 3 atom stereocenters. The highest BCUT2D eigenvalue weighted by molar-refractivity contribution is 5.85. The molecule has 0 aromatic rings. The number of aliphatic carboxylic acids is 1. The number of rotatable bonds is 3. The van der Waals surface area contributed by atoms with Crippen molar-refractivity contribution in [2.45, 2.75) is 65.0 Å². The molecule has 0 aromatic carbocycles. The lowest BCUT2D eigenvalue weighted by Crippen LogP contribution is -2.53. The quantitative estimate of drug-likeness (QED) is 0.678. The third-order valence-electron chi connectivity index (χ3n) is 3.81. The number of hydrogen-bond acceptors (Lipinski definition) is 3. The minimum atomic E-state index is -0.997. The highest BCUT2D eigenvalue weighted by Gasteiger charge is 2.35. The van der Waals surface area contributed by atoms with Crippen LogP contribution < -0.4 is 11.1 Å². The van der Waals surface area contributed by atoms with Crippen molar-refractivity contribution in [2.24, 2.45) is 17.1 Å². The summed E-state index contributed by atoms with van der Waals surface area (Å²) < 4.78 is 0.